The number of hydrogen-bond donors (Lipinski definition) is 2. The summed E-state index contributed by atoms with van der Waals surface area (Å²) in [6.45, 7) is 0.368. The van der Waals surface area contributed by atoms with Gasteiger partial charge in [-0.3, -0.25) is 0 Å². The van der Waals surface area contributed by atoms with E-state index < -0.39 is 6.10 Å². The van der Waals surface area contributed by atoms with Gasteiger partial charge in [-0.05, 0) is 29.8 Å². The highest BCUT2D eigenvalue weighted by atomic mass is 16.5. The lowest BCUT2D eigenvalue weighted by molar-refractivity contribution is 0.156. The van der Waals surface area contributed by atoms with Crippen molar-refractivity contribution in [1.82, 2.24) is 0 Å². The van der Waals surface area contributed by atoms with Crippen LogP contribution in [0, 0.1) is 0 Å². The molecule has 2 unspecified atom stereocenters. The summed E-state index contributed by atoms with van der Waals surface area (Å²) in [6.07, 6.45) is 3.34. The van der Waals surface area contributed by atoms with Crippen molar-refractivity contribution in [2.24, 2.45) is 0 Å². The van der Waals surface area contributed by atoms with E-state index in [4.69, 9.17) is 23.7 Å². The molecule has 2 aromatic rings. The van der Waals surface area contributed by atoms with Gasteiger partial charge < -0.3 is 33.9 Å². The average molecular weight is 402 g/mol. The number of rotatable bonds is 8. The van der Waals surface area contributed by atoms with Crippen molar-refractivity contribution < 1.29 is 33.9 Å². The van der Waals surface area contributed by atoms with Crippen LogP contribution in [-0.4, -0.2) is 51.9 Å². The summed E-state index contributed by atoms with van der Waals surface area (Å²) >= 11 is 0. The molecule has 2 aromatic carbocycles. The van der Waals surface area contributed by atoms with Crippen molar-refractivity contribution in [3.63, 3.8) is 0 Å². The SMILES string of the molecule is COC/C=C/c1cc(OC)c2c(c1)C(CO)C(c1cc(OC)c(O)c(OC)c1)O2. The molecule has 2 N–H and O–H groups in total. The molecule has 7 heteroatoms. The Balaban J connectivity index is 2.05. The number of hydrogen-bond acceptors (Lipinski definition) is 7. The lowest BCUT2D eigenvalue weighted by atomic mass is 9.90. The van der Waals surface area contributed by atoms with Gasteiger partial charge in [-0.15, -0.1) is 0 Å². The maximum absolute atomic E-state index is 10.2. The van der Waals surface area contributed by atoms with Crippen molar-refractivity contribution in [2.75, 3.05) is 41.7 Å². The minimum absolute atomic E-state index is 0.0852. The second kappa shape index (κ2) is 9.07. The number of benzene rings is 2. The number of phenols is 1. The van der Waals surface area contributed by atoms with E-state index in [0.29, 0.717) is 23.7 Å². The van der Waals surface area contributed by atoms with Gasteiger partial charge in [-0.25, -0.2) is 0 Å². The normalized spacial score (nSPS) is 17.8. The fraction of sp³-hybridized carbons (Fsp3) is 0.364. The smallest absolute Gasteiger partial charge is 0.200 e. The molecule has 1 aliphatic rings. The average Bonchev–Trinajstić information content (AvgIpc) is 3.12. The molecular formula is C22H26O7. The zero-order valence-corrected chi connectivity index (χ0v) is 17.0. The number of aromatic hydroxyl groups is 1. The van der Waals surface area contributed by atoms with Crippen LogP contribution in [0.4, 0.5) is 0 Å². The van der Waals surface area contributed by atoms with Crippen LogP contribution in [0.3, 0.4) is 0 Å². The third-order valence-corrected chi connectivity index (χ3v) is 4.94. The molecular weight excluding hydrogens is 376 g/mol. The zero-order valence-electron chi connectivity index (χ0n) is 17.0. The Morgan fingerprint density at radius 1 is 0.966 bits per heavy atom. The van der Waals surface area contributed by atoms with Gasteiger partial charge in [0.05, 0.1) is 40.5 Å². The standard InChI is InChI=1S/C22H26O7/c1-25-7-5-6-13-8-15-16(12-23)21(29-22(15)19(9-13)28-4)14-10-17(26-2)20(24)18(11-14)27-3/h5-6,8-11,16,21,23-24H,7,12H2,1-4H3/b6-5+. The third-order valence-electron chi connectivity index (χ3n) is 4.94. The van der Waals surface area contributed by atoms with E-state index in [-0.39, 0.29) is 29.8 Å². The van der Waals surface area contributed by atoms with E-state index in [9.17, 15) is 10.2 Å². The Labute approximate surface area is 170 Å². The predicted octanol–water partition coefficient (Wildman–Crippen LogP) is 3.29. The first kappa shape index (κ1) is 20.8. The van der Waals surface area contributed by atoms with Crippen LogP contribution in [-0.2, 0) is 4.74 Å². The molecule has 0 aromatic heterocycles. The molecule has 2 atom stereocenters. The fourth-order valence-corrected chi connectivity index (χ4v) is 3.52. The molecule has 29 heavy (non-hydrogen) atoms. The Kier molecular flexibility index (Phi) is 6.51. The number of aliphatic hydroxyl groups excluding tert-OH is 1. The molecule has 0 saturated carbocycles. The van der Waals surface area contributed by atoms with E-state index in [1.807, 2.05) is 24.3 Å². The number of ether oxygens (including phenoxy) is 5. The molecule has 1 aliphatic heterocycles. The highest BCUT2D eigenvalue weighted by Crippen LogP contribution is 2.52. The summed E-state index contributed by atoms with van der Waals surface area (Å²) in [5, 5.41) is 20.3. The molecule has 0 fully saturated rings. The van der Waals surface area contributed by atoms with Crippen molar-refractivity contribution >= 4 is 6.08 Å². The summed E-state index contributed by atoms with van der Waals surface area (Å²) in [6, 6.07) is 7.21. The van der Waals surface area contributed by atoms with Gasteiger partial charge in [-0.2, -0.15) is 0 Å². The van der Waals surface area contributed by atoms with E-state index in [2.05, 4.69) is 0 Å². The summed E-state index contributed by atoms with van der Waals surface area (Å²) in [5.41, 5.74) is 2.48. The molecule has 1 heterocycles. The highest BCUT2D eigenvalue weighted by Gasteiger charge is 2.38. The molecule has 7 nitrogen and oxygen atoms in total. The fourth-order valence-electron chi connectivity index (χ4n) is 3.52. The van der Waals surface area contributed by atoms with E-state index in [0.717, 1.165) is 11.1 Å². The van der Waals surface area contributed by atoms with Crippen LogP contribution in [0.25, 0.3) is 6.08 Å². The number of methoxy groups -OCH3 is 4. The lowest BCUT2D eigenvalue weighted by Gasteiger charge is -2.20. The Morgan fingerprint density at radius 3 is 2.17 bits per heavy atom. The number of aliphatic hydroxyl groups is 1. The first-order valence-electron chi connectivity index (χ1n) is 9.17. The number of phenolic OH excluding ortho intramolecular Hbond substituents is 1. The van der Waals surface area contributed by atoms with Crippen molar-refractivity contribution in [2.45, 2.75) is 12.0 Å². The quantitative estimate of drug-likeness (QED) is 0.701. The van der Waals surface area contributed by atoms with Gasteiger partial charge >= 0.3 is 0 Å². The summed E-state index contributed by atoms with van der Waals surface area (Å²) in [5.74, 6) is 1.30. The minimum atomic E-state index is -0.495. The third kappa shape index (κ3) is 3.97. The van der Waals surface area contributed by atoms with Gasteiger partial charge in [-0.1, -0.05) is 12.2 Å². The second-order valence-corrected chi connectivity index (χ2v) is 6.60. The molecule has 0 saturated heterocycles. The Hall–Kier alpha value is -2.90. The van der Waals surface area contributed by atoms with Crippen LogP contribution in [0.2, 0.25) is 0 Å². The molecule has 0 spiro atoms. The maximum Gasteiger partial charge on any atom is 0.200 e. The van der Waals surface area contributed by atoms with Crippen LogP contribution < -0.4 is 18.9 Å². The second-order valence-electron chi connectivity index (χ2n) is 6.60. The summed E-state index contributed by atoms with van der Waals surface area (Å²) < 4.78 is 27.3. The molecule has 0 amide bonds. The molecule has 0 bridgehead atoms. The van der Waals surface area contributed by atoms with Crippen LogP contribution in [0.5, 0.6) is 28.7 Å². The van der Waals surface area contributed by atoms with Crippen LogP contribution in [0.1, 0.15) is 28.7 Å². The van der Waals surface area contributed by atoms with Crippen molar-refractivity contribution in [3.05, 3.63) is 47.0 Å². The van der Waals surface area contributed by atoms with E-state index in [1.54, 1.807) is 26.4 Å². The summed E-state index contributed by atoms with van der Waals surface area (Å²) in [4.78, 5) is 0. The summed E-state index contributed by atoms with van der Waals surface area (Å²) in [7, 11) is 6.14. The predicted molar refractivity (Wildman–Crippen MR) is 108 cm³/mol. The minimum Gasteiger partial charge on any atom is -0.502 e. The van der Waals surface area contributed by atoms with Crippen molar-refractivity contribution in [3.8, 4) is 28.7 Å². The van der Waals surface area contributed by atoms with Gasteiger partial charge in [0.2, 0.25) is 5.75 Å². The highest BCUT2D eigenvalue weighted by molar-refractivity contribution is 5.63. The van der Waals surface area contributed by atoms with Crippen molar-refractivity contribution in [1.29, 1.82) is 0 Å². The zero-order chi connectivity index (χ0) is 21.0. The van der Waals surface area contributed by atoms with Crippen LogP contribution >= 0.6 is 0 Å². The number of fused-ring (bicyclic) bond motifs is 1. The maximum atomic E-state index is 10.2. The van der Waals surface area contributed by atoms with Gasteiger partial charge in [0.1, 0.15) is 6.10 Å². The van der Waals surface area contributed by atoms with Gasteiger partial charge in [0, 0.05) is 18.2 Å². The van der Waals surface area contributed by atoms with E-state index in [1.165, 1.54) is 14.2 Å². The first-order chi connectivity index (χ1) is 14.1. The molecule has 156 valence electrons. The molecule has 3 rings (SSSR count). The molecule has 0 aliphatic carbocycles. The topological polar surface area (TPSA) is 86.6 Å². The van der Waals surface area contributed by atoms with Crippen LogP contribution in [0.15, 0.2) is 30.3 Å². The monoisotopic (exact) mass is 402 g/mol. The van der Waals surface area contributed by atoms with Gasteiger partial charge in [0.15, 0.2) is 23.0 Å². The lowest BCUT2D eigenvalue weighted by Crippen LogP contribution is -2.13. The van der Waals surface area contributed by atoms with Gasteiger partial charge in [0.25, 0.3) is 0 Å². The van der Waals surface area contributed by atoms with E-state index >= 15 is 0 Å². The largest absolute Gasteiger partial charge is 0.502 e. The Morgan fingerprint density at radius 2 is 1.62 bits per heavy atom. The first-order valence-corrected chi connectivity index (χ1v) is 9.17. The molecule has 0 radical (unpaired) electrons. The Bertz CT molecular complexity index is 866.